The van der Waals surface area contributed by atoms with Gasteiger partial charge < -0.3 is 10.1 Å². The molecule has 0 atom stereocenters. The van der Waals surface area contributed by atoms with Crippen molar-refractivity contribution in [2.75, 3.05) is 25.5 Å². The van der Waals surface area contributed by atoms with E-state index in [1.807, 2.05) is 0 Å². The van der Waals surface area contributed by atoms with Crippen LogP contribution >= 0.6 is 11.6 Å². The molecule has 0 aliphatic rings. The molecule has 0 heterocycles. The fourth-order valence-electron chi connectivity index (χ4n) is 2.04. The number of rotatable bonds is 8. The van der Waals surface area contributed by atoms with Gasteiger partial charge in [-0.25, -0.2) is 17.5 Å². The number of benzene rings is 2. The van der Waals surface area contributed by atoms with Crippen LogP contribution in [0.1, 0.15) is 0 Å². The highest BCUT2D eigenvalue weighted by Crippen LogP contribution is 2.26. The van der Waals surface area contributed by atoms with Crippen LogP contribution in [0.3, 0.4) is 0 Å². The summed E-state index contributed by atoms with van der Waals surface area (Å²) in [6.45, 7) is 0.151. The molecule has 0 aliphatic heterocycles. The highest BCUT2D eigenvalue weighted by Gasteiger charge is 2.16. The quantitative estimate of drug-likeness (QED) is 0.398. The normalized spacial score (nSPS) is 11.2. The summed E-state index contributed by atoms with van der Waals surface area (Å²) < 4.78 is 45.0. The molecule has 2 rings (SSSR count). The average Bonchev–Trinajstić information content (AvgIpc) is 2.59. The van der Waals surface area contributed by atoms with E-state index in [1.165, 1.54) is 37.4 Å². The standard InChI is InChI=1S/C15H15ClFN3O5S/c1-25-15-5-3-11(9-13(15)17)26(23,24)19-7-6-18-14-4-2-10(20(21)22)8-12(14)16/h2-5,8-9,18-19H,6-7H2,1H3. The van der Waals surface area contributed by atoms with E-state index in [0.717, 1.165) is 6.07 Å². The van der Waals surface area contributed by atoms with E-state index in [9.17, 15) is 22.9 Å². The first-order chi connectivity index (χ1) is 12.2. The molecule has 0 unspecified atom stereocenters. The fraction of sp³-hybridized carbons (Fsp3) is 0.200. The highest BCUT2D eigenvalue weighted by molar-refractivity contribution is 7.89. The van der Waals surface area contributed by atoms with Crippen LogP contribution in [0, 0.1) is 15.9 Å². The third-order valence-electron chi connectivity index (χ3n) is 3.33. The molecule has 0 saturated heterocycles. The topological polar surface area (TPSA) is 111 Å². The van der Waals surface area contributed by atoms with Crippen molar-refractivity contribution in [3.63, 3.8) is 0 Å². The molecule has 11 heteroatoms. The number of hydrogen-bond donors (Lipinski definition) is 2. The minimum atomic E-state index is -3.90. The van der Waals surface area contributed by atoms with Gasteiger partial charge >= 0.3 is 0 Å². The van der Waals surface area contributed by atoms with Crippen LogP contribution in [0.25, 0.3) is 0 Å². The van der Waals surface area contributed by atoms with Gasteiger partial charge in [0.05, 0.1) is 27.6 Å². The fourth-order valence-corrected chi connectivity index (χ4v) is 3.33. The first-order valence-electron chi connectivity index (χ1n) is 7.25. The molecule has 8 nitrogen and oxygen atoms in total. The summed E-state index contributed by atoms with van der Waals surface area (Å²) in [5.41, 5.74) is 0.273. The summed E-state index contributed by atoms with van der Waals surface area (Å²) in [4.78, 5) is 9.85. The Kier molecular flexibility index (Phi) is 6.35. The van der Waals surface area contributed by atoms with E-state index in [-0.39, 0.29) is 34.4 Å². The number of nitro benzene ring substituents is 1. The molecule has 0 saturated carbocycles. The predicted molar refractivity (Wildman–Crippen MR) is 94.7 cm³/mol. The van der Waals surface area contributed by atoms with Crippen molar-refractivity contribution in [1.29, 1.82) is 0 Å². The van der Waals surface area contributed by atoms with Crippen LogP contribution in [0.4, 0.5) is 15.8 Å². The third-order valence-corrected chi connectivity index (χ3v) is 5.10. The summed E-state index contributed by atoms with van der Waals surface area (Å²) in [6.07, 6.45) is 0. The van der Waals surface area contributed by atoms with Gasteiger partial charge in [0, 0.05) is 25.2 Å². The molecule has 2 N–H and O–H groups in total. The average molecular weight is 404 g/mol. The molecule has 0 amide bonds. The summed E-state index contributed by atoms with van der Waals surface area (Å²) >= 11 is 5.93. The van der Waals surface area contributed by atoms with E-state index in [2.05, 4.69) is 10.0 Å². The molecule has 0 spiro atoms. The van der Waals surface area contributed by atoms with E-state index < -0.39 is 20.8 Å². The molecular weight excluding hydrogens is 389 g/mol. The summed E-state index contributed by atoms with van der Waals surface area (Å²) in [5.74, 6) is -0.843. The molecule has 140 valence electrons. The number of halogens is 2. The first-order valence-corrected chi connectivity index (χ1v) is 9.11. The van der Waals surface area contributed by atoms with E-state index in [4.69, 9.17) is 16.3 Å². The maximum absolute atomic E-state index is 13.6. The van der Waals surface area contributed by atoms with Gasteiger partial charge in [-0.3, -0.25) is 10.1 Å². The molecule has 0 radical (unpaired) electrons. The maximum Gasteiger partial charge on any atom is 0.271 e. The Labute approximate surface area is 154 Å². The largest absolute Gasteiger partial charge is 0.494 e. The summed E-state index contributed by atoms with van der Waals surface area (Å²) in [7, 11) is -2.62. The van der Waals surface area contributed by atoms with Crippen molar-refractivity contribution in [3.05, 3.63) is 57.4 Å². The second-order valence-electron chi connectivity index (χ2n) is 5.04. The number of sulfonamides is 1. The zero-order valence-corrected chi connectivity index (χ0v) is 15.1. The number of non-ortho nitro benzene ring substituents is 1. The van der Waals surface area contributed by atoms with Gasteiger partial charge in [-0.15, -0.1) is 0 Å². The molecular formula is C15H15ClFN3O5S. The molecule has 0 aliphatic carbocycles. The number of ether oxygens (including phenoxy) is 1. The predicted octanol–water partition coefficient (Wildman–Crippen LogP) is 2.79. The van der Waals surface area contributed by atoms with Gasteiger partial charge in [0.1, 0.15) is 0 Å². The van der Waals surface area contributed by atoms with Crippen LogP contribution < -0.4 is 14.8 Å². The minimum Gasteiger partial charge on any atom is -0.494 e. The second-order valence-corrected chi connectivity index (χ2v) is 7.22. The van der Waals surface area contributed by atoms with Crippen LogP contribution in [0.5, 0.6) is 5.75 Å². The van der Waals surface area contributed by atoms with Gasteiger partial charge in [-0.1, -0.05) is 11.6 Å². The number of nitrogens with one attached hydrogen (secondary N) is 2. The van der Waals surface area contributed by atoms with E-state index in [1.54, 1.807) is 0 Å². The lowest BCUT2D eigenvalue weighted by atomic mass is 10.3. The Morgan fingerprint density at radius 2 is 1.96 bits per heavy atom. The van der Waals surface area contributed by atoms with Gasteiger partial charge in [0.15, 0.2) is 11.6 Å². The Bertz CT molecular complexity index is 923. The maximum atomic E-state index is 13.6. The molecule has 0 fully saturated rings. The number of methoxy groups -OCH3 is 1. The van der Waals surface area contributed by atoms with Crippen LogP contribution in [-0.4, -0.2) is 33.5 Å². The van der Waals surface area contributed by atoms with Crippen molar-refractivity contribution in [2.45, 2.75) is 4.90 Å². The molecule has 2 aromatic rings. The second kappa shape index (κ2) is 8.30. The first kappa shape index (κ1) is 19.9. The zero-order valence-electron chi connectivity index (χ0n) is 13.5. The van der Waals surface area contributed by atoms with Crippen molar-refractivity contribution in [3.8, 4) is 5.75 Å². The lowest BCUT2D eigenvalue weighted by Gasteiger charge is -2.10. The van der Waals surface area contributed by atoms with E-state index >= 15 is 0 Å². The summed E-state index contributed by atoms with van der Waals surface area (Å²) in [6, 6.07) is 7.20. The molecule has 0 aromatic heterocycles. The molecule has 26 heavy (non-hydrogen) atoms. The Balaban J connectivity index is 1.95. The third kappa shape index (κ3) is 4.81. The van der Waals surface area contributed by atoms with Gasteiger partial charge in [-0.2, -0.15) is 0 Å². The molecule has 0 bridgehead atoms. The monoisotopic (exact) mass is 403 g/mol. The van der Waals surface area contributed by atoms with Crippen LogP contribution in [0.2, 0.25) is 5.02 Å². The van der Waals surface area contributed by atoms with E-state index in [0.29, 0.717) is 5.69 Å². The zero-order chi connectivity index (χ0) is 19.3. The SMILES string of the molecule is COc1ccc(S(=O)(=O)NCCNc2ccc([N+](=O)[O-])cc2Cl)cc1F. The Morgan fingerprint density at radius 3 is 2.54 bits per heavy atom. The number of nitrogens with zero attached hydrogens (tertiary/aromatic N) is 1. The van der Waals surface area contributed by atoms with Crippen molar-refractivity contribution in [2.24, 2.45) is 0 Å². The van der Waals surface area contributed by atoms with Gasteiger partial charge in [0.2, 0.25) is 10.0 Å². The number of hydrogen-bond acceptors (Lipinski definition) is 6. The lowest BCUT2D eigenvalue weighted by molar-refractivity contribution is -0.384. The van der Waals surface area contributed by atoms with Gasteiger partial charge in [0.25, 0.3) is 5.69 Å². The number of anilines is 1. The van der Waals surface area contributed by atoms with Crippen molar-refractivity contribution in [1.82, 2.24) is 4.72 Å². The van der Waals surface area contributed by atoms with Crippen LogP contribution in [0.15, 0.2) is 41.3 Å². The van der Waals surface area contributed by atoms with Crippen molar-refractivity contribution >= 4 is 33.0 Å². The smallest absolute Gasteiger partial charge is 0.271 e. The van der Waals surface area contributed by atoms with Gasteiger partial charge in [-0.05, 0) is 24.3 Å². The summed E-state index contributed by atoms with van der Waals surface area (Å²) in [5, 5.41) is 13.6. The Hall–Kier alpha value is -2.43. The highest BCUT2D eigenvalue weighted by atomic mass is 35.5. The van der Waals surface area contributed by atoms with Crippen molar-refractivity contribution < 1.29 is 22.5 Å². The van der Waals surface area contributed by atoms with Crippen LogP contribution in [-0.2, 0) is 10.0 Å². The minimum absolute atomic E-state index is 0.0106. The Morgan fingerprint density at radius 1 is 1.23 bits per heavy atom. The number of nitro groups is 1. The molecule has 2 aromatic carbocycles. The lowest BCUT2D eigenvalue weighted by Crippen LogP contribution is -2.29.